The number of nitrogens with one attached hydrogen (secondary N) is 1. The molecular weight excluding hydrogens is 260 g/mol. The molecule has 6 nitrogen and oxygen atoms in total. The summed E-state index contributed by atoms with van der Waals surface area (Å²) in [6, 6.07) is -0.612. The first-order valence-electron chi connectivity index (χ1n) is 7.15. The molecule has 1 unspecified atom stereocenters. The first kappa shape index (κ1) is 16.9. The van der Waals surface area contributed by atoms with Crippen molar-refractivity contribution in [1.29, 1.82) is 0 Å². The molecule has 6 heteroatoms. The minimum Gasteiger partial charge on any atom is -0.458 e. The number of rotatable bonds is 6. The highest BCUT2D eigenvalue weighted by atomic mass is 16.6. The third kappa shape index (κ3) is 6.34. The quantitative estimate of drug-likeness (QED) is 0.542. The standard InChI is InChI=1S/C14H26N2O4/c1-14(2,3)20-13(19)12(15-10-17)6-9-16-7-4-11(18)5-8-16/h10-12,18H,4-9H2,1-3H3,(H,15,17). The van der Waals surface area contributed by atoms with Crippen LogP contribution in [-0.2, 0) is 14.3 Å². The molecule has 1 rings (SSSR count). The maximum Gasteiger partial charge on any atom is 0.329 e. The van der Waals surface area contributed by atoms with Crippen molar-refractivity contribution < 1.29 is 19.4 Å². The van der Waals surface area contributed by atoms with E-state index in [1.165, 1.54) is 0 Å². The van der Waals surface area contributed by atoms with Crippen molar-refractivity contribution in [2.45, 2.75) is 57.8 Å². The predicted molar refractivity (Wildman–Crippen MR) is 75.1 cm³/mol. The van der Waals surface area contributed by atoms with Crippen molar-refractivity contribution in [2.24, 2.45) is 0 Å². The summed E-state index contributed by atoms with van der Waals surface area (Å²) in [7, 11) is 0. The number of aliphatic hydroxyl groups is 1. The number of carbonyl (C=O) groups is 2. The number of carbonyl (C=O) groups excluding carboxylic acids is 2. The van der Waals surface area contributed by atoms with E-state index in [1.807, 2.05) is 0 Å². The molecular formula is C14H26N2O4. The summed E-state index contributed by atoms with van der Waals surface area (Å²) in [5.41, 5.74) is -0.560. The third-order valence-corrected chi connectivity index (χ3v) is 3.25. The first-order chi connectivity index (χ1) is 9.31. The fourth-order valence-electron chi connectivity index (χ4n) is 2.18. The molecule has 1 fully saturated rings. The SMILES string of the molecule is CC(C)(C)OC(=O)C(CCN1CCC(O)CC1)NC=O. The summed E-state index contributed by atoms with van der Waals surface area (Å²) in [4.78, 5) is 24.8. The van der Waals surface area contributed by atoms with Crippen LogP contribution in [0.1, 0.15) is 40.0 Å². The number of likely N-dealkylation sites (tertiary alicyclic amines) is 1. The Hall–Kier alpha value is -1.14. The maximum atomic E-state index is 12.0. The van der Waals surface area contributed by atoms with Crippen molar-refractivity contribution in [1.82, 2.24) is 10.2 Å². The summed E-state index contributed by atoms with van der Waals surface area (Å²) in [5.74, 6) is -0.401. The molecule has 0 aliphatic carbocycles. The minimum atomic E-state index is -0.612. The van der Waals surface area contributed by atoms with Crippen molar-refractivity contribution in [3.05, 3.63) is 0 Å². The van der Waals surface area contributed by atoms with Crippen LogP contribution in [0.5, 0.6) is 0 Å². The second-order valence-electron chi connectivity index (χ2n) is 6.23. The molecule has 1 aliphatic rings. The Morgan fingerprint density at radius 3 is 2.55 bits per heavy atom. The van der Waals surface area contributed by atoms with Gasteiger partial charge in [0.05, 0.1) is 6.10 Å². The normalized spacial score (nSPS) is 19.4. The van der Waals surface area contributed by atoms with E-state index in [0.717, 1.165) is 25.9 Å². The van der Waals surface area contributed by atoms with Gasteiger partial charge < -0.3 is 20.1 Å². The Bertz CT molecular complexity index is 320. The van der Waals surface area contributed by atoms with Crippen molar-refractivity contribution >= 4 is 12.4 Å². The highest BCUT2D eigenvalue weighted by Gasteiger charge is 2.26. The van der Waals surface area contributed by atoms with Gasteiger partial charge in [0, 0.05) is 19.6 Å². The van der Waals surface area contributed by atoms with Crippen LogP contribution in [0.15, 0.2) is 0 Å². The molecule has 0 aromatic heterocycles. The van der Waals surface area contributed by atoms with Gasteiger partial charge >= 0.3 is 5.97 Å². The average Bonchev–Trinajstić information content (AvgIpc) is 2.34. The molecule has 1 heterocycles. The lowest BCUT2D eigenvalue weighted by molar-refractivity contribution is -0.158. The molecule has 2 N–H and O–H groups in total. The van der Waals surface area contributed by atoms with E-state index in [0.29, 0.717) is 19.4 Å². The minimum absolute atomic E-state index is 0.207. The van der Waals surface area contributed by atoms with Gasteiger partial charge in [-0.2, -0.15) is 0 Å². The molecule has 1 amide bonds. The van der Waals surface area contributed by atoms with Gasteiger partial charge in [-0.25, -0.2) is 4.79 Å². The van der Waals surface area contributed by atoms with E-state index in [-0.39, 0.29) is 6.10 Å². The van der Waals surface area contributed by atoms with Gasteiger partial charge in [-0.1, -0.05) is 0 Å². The smallest absolute Gasteiger partial charge is 0.329 e. The molecule has 0 aromatic carbocycles. The van der Waals surface area contributed by atoms with Gasteiger partial charge in [0.2, 0.25) is 6.41 Å². The number of hydrogen-bond acceptors (Lipinski definition) is 5. The zero-order valence-electron chi connectivity index (χ0n) is 12.6. The molecule has 116 valence electrons. The lowest BCUT2D eigenvalue weighted by Crippen LogP contribution is -2.44. The summed E-state index contributed by atoms with van der Waals surface area (Å²) in [6.45, 7) is 7.75. The zero-order chi connectivity index (χ0) is 15.2. The number of hydrogen-bond donors (Lipinski definition) is 2. The van der Waals surface area contributed by atoms with Crippen LogP contribution < -0.4 is 5.32 Å². The zero-order valence-corrected chi connectivity index (χ0v) is 12.6. The molecule has 0 bridgehead atoms. The molecule has 0 saturated carbocycles. The Labute approximate surface area is 120 Å². The second kappa shape index (κ2) is 7.59. The number of nitrogens with zero attached hydrogens (tertiary/aromatic N) is 1. The molecule has 1 aliphatic heterocycles. The Kier molecular flexibility index (Phi) is 6.42. The third-order valence-electron chi connectivity index (χ3n) is 3.25. The van der Waals surface area contributed by atoms with Gasteiger partial charge in [0.25, 0.3) is 0 Å². The van der Waals surface area contributed by atoms with Gasteiger partial charge in [-0.3, -0.25) is 4.79 Å². The number of esters is 1. The van der Waals surface area contributed by atoms with Gasteiger partial charge in [0.15, 0.2) is 0 Å². The Morgan fingerprint density at radius 2 is 2.05 bits per heavy atom. The van der Waals surface area contributed by atoms with Crippen LogP contribution in [0.4, 0.5) is 0 Å². The van der Waals surface area contributed by atoms with E-state index in [9.17, 15) is 14.7 Å². The van der Waals surface area contributed by atoms with Crippen LogP contribution >= 0.6 is 0 Å². The van der Waals surface area contributed by atoms with Crippen LogP contribution in [-0.4, -0.2) is 59.8 Å². The Balaban J connectivity index is 2.42. The van der Waals surface area contributed by atoms with Crippen molar-refractivity contribution in [2.75, 3.05) is 19.6 Å². The topological polar surface area (TPSA) is 78.9 Å². The van der Waals surface area contributed by atoms with E-state index < -0.39 is 17.6 Å². The highest BCUT2D eigenvalue weighted by Crippen LogP contribution is 2.13. The number of amides is 1. The van der Waals surface area contributed by atoms with Gasteiger partial charge in [-0.15, -0.1) is 0 Å². The van der Waals surface area contributed by atoms with Gasteiger partial charge in [0.1, 0.15) is 11.6 Å². The van der Waals surface area contributed by atoms with E-state index >= 15 is 0 Å². The molecule has 1 atom stereocenters. The summed E-state index contributed by atoms with van der Waals surface area (Å²) in [5, 5.41) is 12.0. The highest BCUT2D eigenvalue weighted by molar-refractivity contribution is 5.78. The fraction of sp³-hybridized carbons (Fsp3) is 0.857. The molecule has 0 aromatic rings. The van der Waals surface area contributed by atoms with E-state index in [1.54, 1.807) is 20.8 Å². The van der Waals surface area contributed by atoms with E-state index in [4.69, 9.17) is 4.74 Å². The molecule has 0 spiro atoms. The first-order valence-corrected chi connectivity index (χ1v) is 7.15. The van der Waals surface area contributed by atoms with Crippen LogP contribution in [0, 0.1) is 0 Å². The monoisotopic (exact) mass is 286 g/mol. The second-order valence-corrected chi connectivity index (χ2v) is 6.23. The lowest BCUT2D eigenvalue weighted by Gasteiger charge is -2.30. The Morgan fingerprint density at radius 1 is 1.45 bits per heavy atom. The number of piperidine rings is 1. The summed E-state index contributed by atoms with van der Waals surface area (Å²) in [6.07, 6.45) is 2.37. The predicted octanol–water partition coefficient (Wildman–Crippen LogP) is 0.289. The van der Waals surface area contributed by atoms with Crippen molar-refractivity contribution in [3.63, 3.8) is 0 Å². The fourth-order valence-corrected chi connectivity index (χ4v) is 2.18. The summed E-state index contributed by atoms with van der Waals surface area (Å²) >= 11 is 0. The largest absolute Gasteiger partial charge is 0.458 e. The molecule has 20 heavy (non-hydrogen) atoms. The van der Waals surface area contributed by atoms with Crippen LogP contribution in [0.2, 0.25) is 0 Å². The molecule has 0 radical (unpaired) electrons. The van der Waals surface area contributed by atoms with Crippen LogP contribution in [0.3, 0.4) is 0 Å². The maximum absolute atomic E-state index is 12.0. The van der Waals surface area contributed by atoms with Crippen molar-refractivity contribution in [3.8, 4) is 0 Å². The van der Waals surface area contributed by atoms with Gasteiger partial charge in [-0.05, 0) is 40.0 Å². The number of aliphatic hydroxyl groups excluding tert-OH is 1. The number of ether oxygens (including phenoxy) is 1. The van der Waals surface area contributed by atoms with Crippen LogP contribution in [0.25, 0.3) is 0 Å². The lowest BCUT2D eigenvalue weighted by atomic mass is 10.1. The molecule has 1 saturated heterocycles. The van der Waals surface area contributed by atoms with E-state index in [2.05, 4.69) is 10.2 Å². The average molecular weight is 286 g/mol. The summed E-state index contributed by atoms with van der Waals surface area (Å²) < 4.78 is 5.29.